The van der Waals surface area contributed by atoms with Gasteiger partial charge in [-0.1, -0.05) is 30.3 Å². The number of benzene rings is 1. The summed E-state index contributed by atoms with van der Waals surface area (Å²) in [5.74, 6) is -0.782. The van der Waals surface area contributed by atoms with Gasteiger partial charge in [0, 0.05) is 11.6 Å². The van der Waals surface area contributed by atoms with Gasteiger partial charge < -0.3 is 10.1 Å². The van der Waals surface area contributed by atoms with E-state index in [1.807, 2.05) is 30.3 Å². The Morgan fingerprint density at radius 1 is 1.17 bits per heavy atom. The zero-order chi connectivity index (χ0) is 17.1. The van der Waals surface area contributed by atoms with E-state index in [0.717, 1.165) is 24.1 Å². The van der Waals surface area contributed by atoms with Crippen molar-refractivity contribution in [1.82, 2.24) is 10.3 Å². The molecular weight excluding hydrogens is 304 g/mol. The molecule has 5 nitrogen and oxygen atoms in total. The van der Waals surface area contributed by atoms with Crippen LogP contribution in [0.1, 0.15) is 35.8 Å². The molecule has 0 radical (unpaired) electrons. The molecule has 124 valence electrons. The van der Waals surface area contributed by atoms with Gasteiger partial charge in [-0.2, -0.15) is 0 Å². The molecule has 1 amide bonds. The number of amides is 1. The van der Waals surface area contributed by atoms with E-state index in [-0.39, 0.29) is 11.9 Å². The van der Waals surface area contributed by atoms with Crippen LogP contribution in [0.2, 0.25) is 0 Å². The second kappa shape index (κ2) is 6.83. The smallest absolute Gasteiger partial charge is 0.340 e. The monoisotopic (exact) mass is 324 g/mol. The lowest BCUT2D eigenvalue weighted by molar-refractivity contribution is -0.129. The summed E-state index contributed by atoms with van der Waals surface area (Å²) in [6.07, 6.45) is 1.18. The first-order chi connectivity index (χ1) is 11.5. The predicted molar refractivity (Wildman–Crippen MR) is 90.5 cm³/mol. The van der Waals surface area contributed by atoms with E-state index < -0.39 is 12.1 Å². The van der Waals surface area contributed by atoms with Gasteiger partial charge in [0.15, 0.2) is 6.10 Å². The van der Waals surface area contributed by atoms with Gasteiger partial charge >= 0.3 is 5.97 Å². The van der Waals surface area contributed by atoms with Crippen LogP contribution in [0.25, 0.3) is 11.3 Å². The highest BCUT2D eigenvalue weighted by Gasteiger charge is 2.27. The van der Waals surface area contributed by atoms with Crippen LogP contribution >= 0.6 is 0 Å². The fourth-order valence-corrected chi connectivity index (χ4v) is 2.37. The molecule has 24 heavy (non-hydrogen) atoms. The van der Waals surface area contributed by atoms with Crippen molar-refractivity contribution < 1.29 is 14.3 Å². The molecule has 1 aromatic carbocycles. The fraction of sp³-hybridized carbons (Fsp3) is 0.316. The molecule has 0 unspecified atom stereocenters. The summed E-state index contributed by atoms with van der Waals surface area (Å²) in [5.41, 5.74) is 2.73. The molecule has 1 fully saturated rings. The van der Waals surface area contributed by atoms with Crippen molar-refractivity contribution in [3.63, 3.8) is 0 Å². The first-order valence-corrected chi connectivity index (χ1v) is 8.09. The topological polar surface area (TPSA) is 68.3 Å². The minimum atomic E-state index is -0.814. The Bertz CT molecular complexity index is 754. The summed E-state index contributed by atoms with van der Waals surface area (Å²) in [5, 5.41) is 2.82. The minimum Gasteiger partial charge on any atom is -0.449 e. The van der Waals surface area contributed by atoms with E-state index in [4.69, 9.17) is 4.74 Å². The SMILES string of the molecule is Cc1nc(-c2ccccc2)ccc1C(=O)O[C@H](C)C(=O)NC1CC1. The van der Waals surface area contributed by atoms with E-state index in [2.05, 4.69) is 10.3 Å². The zero-order valence-electron chi connectivity index (χ0n) is 13.8. The summed E-state index contributed by atoms with van der Waals surface area (Å²) in [6, 6.07) is 13.5. The first-order valence-electron chi connectivity index (χ1n) is 8.09. The van der Waals surface area contributed by atoms with Gasteiger partial charge in [-0.05, 0) is 38.8 Å². The van der Waals surface area contributed by atoms with Crippen LogP contribution < -0.4 is 5.32 Å². The number of carbonyl (C=O) groups excluding carboxylic acids is 2. The summed E-state index contributed by atoms with van der Waals surface area (Å²) < 4.78 is 5.26. The third-order valence-electron chi connectivity index (χ3n) is 3.95. The molecule has 0 bridgehead atoms. The maximum absolute atomic E-state index is 12.3. The lowest BCUT2D eigenvalue weighted by atomic mass is 10.1. The summed E-state index contributed by atoms with van der Waals surface area (Å²) >= 11 is 0. The van der Waals surface area contributed by atoms with Gasteiger partial charge in [-0.15, -0.1) is 0 Å². The number of esters is 1. The lowest BCUT2D eigenvalue weighted by Crippen LogP contribution is -2.37. The number of rotatable bonds is 5. The van der Waals surface area contributed by atoms with Crippen LogP contribution in [-0.2, 0) is 9.53 Å². The second-order valence-electron chi connectivity index (χ2n) is 6.03. The normalized spacial score (nSPS) is 14.8. The summed E-state index contributed by atoms with van der Waals surface area (Å²) in [6.45, 7) is 3.34. The Hall–Kier alpha value is -2.69. The minimum absolute atomic E-state index is 0.243. The average molecular weight is 324 g/mol. The predicted octanol–water partition coefficient (Wildman–Crippen LogP) is 2.88. The molecule has 0 spiro atoms. The second-order valence-corrected chi connectivity index (χ2v) is 6.03. The van der Waals surface area contributed by atoms with Crippen LogP contribution in [0, 0.1) is 6.92 Å². The number of aryl methyl sites for hydroxylation is 1. The quantitative estimate of drug-likeness (QED) is 0.859. The number of hydrogen-bond acceptors (Lipinski definition) is 4. The van der Waals surface area contributed by atoms with Gasteiger partial charge in [0.05, 0.1) is 17.0 Å². The molecular formula is C19H20N2O3. The zero-order valence-corrected chi connectivity index (χ0v) is 13.8. The largest absolute Gasteiger partial charge is 0.449 e. The molecule has 1 saturated carbocycles. The number of carbonyl (C=O) groups is 2. The van der Waals surface area contributed by atoms with Crippen LogP contribution in [0.15, 0.2) is 42.5 Å². The molecule has 1 N–H and O–H groups in total. The number of ether oxygens (including phenoxy) is 1. The number of aromatic nitrogens is 1. The molecule has 1 aliphatic carbocycles. The van der Waals surface area contributed by atoms with E-state index in [9.17, 15) is 9.59 Å². The van der Waals surface area contributed by atoms with Crippen molar-refractivity contribution in [1.29, 1.82) is 0 Å². The first kappa shape index (κ1) is 16.2. The van der Waals surface area contributed by atoms with Crippen LogP contribution in [-0.4, -0.2) is 29.0 Å². The maximum atomic E-state index is 12.3. The Kier molecular flexibility index (Phi) is 4.60. The van der Waals surface area contributed by atoms with Crippen molar-refractivity contribution in [3.8, 4) is 11.3 Å². The molecule has 2 aromatic rings. The average Bonchev–Trinajstić information content (AvgIpc) is 3.39. The Morgan fingerprint density at radius 3 is 2.50 bits per heavy atom. The molecule has 0 saturated heterocycles. The highest BCUT2D eigenvalue weighted by molar-refractivity contribution is 5.93. The molecule has 1 aliphatic rings. The highest BCUT2D eigenvalue weighted by Crippen LogP contribution is 2.20. The van der Waals surface area contributed by atoms with Crippen molar-refractivity contribution >= 4 is 11.9 Å². The van der Waals surface area contributed by atoms with E-state index in [1.165, 1.54) is 0 Å². The van der Waals surface area contributed by atoms with Gasteiger partial charge in [0.25, 0.3) is 5.91 Å². The molecule has 1 aromatic heterocycles. The van der Waals surface area contributed by atoms with Gasteiger partial charge in [-0.3, -0.25) is 9.78 Å². The summed E-state index contributed by atoms with van der Waals surface area (Å²) in [4.78, 5) is 28.6. The number of pyridine rings is 1. The van der Waals surface area contributed by atoms with Gasteiger partial charge in [0.2, 0.25) is 0 Å². The van der Waals surface area contributed by atoms with Crippen molar-refractivity contribution in [2.45, 2.75) is 38.8 Å². The number of nitrogens with zero attached hydrogens (tertiary/aromatic N) is 1. The number of hydrogen-bond donors (Lipinski definition) is 1. The Balaban J connectivity index is 1.69. The van der Waals surface area contributed by atoms with E-state index >= 15 is 0 Å². The Morgan fingerprint density at radius 2 is 1.88 bits per heavy atom. The molecule has 1 heterocycles. The lowest BCUT2D eigenvalue weighted by Gasteiger charge is -2.14. The van der Waals surface area contributed by atoms with Gasteiger partial charge in [0.1, 0.15) is 0 Å². The third-order valence-corrected chi connectivity index (χ3v) is 3.95. The molecule has 0 aliphatic heterocycles. The third kappa shape index (κ3) is 3.79. The maximum Gasteiger partial charge on any atom is 0.340 e. The standard InChI is InChI=1S/C19H20N2O3/c1-12-16(10-11-17(20-12)14-6-4-3-5-7-14)19(23)24-13(2)18(22)21-15-8-9-15/h3-7,10-11,13,15H,8-9H2,1-2H3,(H,21,22)/t13-/m1/s1. The fourth-order valence-electron chi connectivity index (χ4n) is 2.37. The van der Waals surface area contributed by atoms with E-state index in [0.29, 0.717) is 11.3 Å². The number of nitrogens with one attached hydrogen (secondary N) is 1. The molecule has 1 atom stereocenters. The summed E-state index contributed by atoms with van der Waals surface area (Å²) in [7, 11) is 0. The van der Waals surface area contributed by atoms with E-state index in [1.54, 1.807) is 26.0 Å². The highest BCUT2D eigenvalue weighted by atomic mass is 16.5. The van der Waals surface area contributed by atoms with Crippen molar-refractivity contribution in [3.05, 3.63) is 53.7 Å². The van der Waals surface area contributed by atoms with Crippen LogP contribution in [0.4, 0.5) is 0 Å². The molecule has 5 heteroatoms. The van der Waals surface area contributed by atoms with Gasteiger partial charge in [-0.25, -0.2) is 4.79 Å². The van der Waals surface area contributed by atoms with Crippen molar-refractivity contribution in [2.75, 3.05) is 0 Å². The van der Waals surface area contributed by atoms with Crippen LogP contribution in [0.5, 0.6) is 0 Å². The Labute approximate surface area is 141 Å². The van der Waals surface area contributed by atoms with Crippen LogP contribution in [0.3, 0.4) is 0 Å². The van der Waals surface area contributed by atoms with Crippen molar-refractivity contribution in [2.24, 2.45) is 0 Å². The molecule has 3 rings (SSSR count).